The van der Waals surface area contributed by atoms with Gasteiger partial charge in [-0.25, -0.2) is 10.3 Å². The molecule has 28 heavy (non-hydrogen) atoms. The third kappa shape index (κ3) is 6.33. The zero-order chi connectivity index (χ0) is 20.5. The largest absolute Gasteiger partial charge is 0.508 e. The molecule has 0 aliphatic rings. The van der Waals surface area contributed by atoms with E-state index in [2.05, 4.69) is 5.32 Å². The number of carbonyl (C=O) groups is 2. The molecular formula is C20H22N2O5S. The number of anilines is 1. The first kappa shape index (κ1) is 21.3. The third-order valence-corrected chi connectivity index (χ3v) is 4.67. The molecule has 0 radical (unpaired) electrons. The number of benzene rings is 2. The number of nitrogens with one attached hydrogen (secondary N) is 2. The molecule has 0 saturated carbocycles. The number of phenolic OH excluding ortho intramolecular Hbond substituents is 1. The lowest BCUT2D eigenvalue weighted by Gasteiger charge is -2.23. The molecular weight excluding hydrogens is 380 g/mol. The van der Waals surface area contributed by atoms with Crippen molar-refractivity contribution in [2.45, 2.75) is 17.9 Å². The van der Waals surface area contributed by atoms with Crippen LogP contribution in [0.2, 0.25) is 0 Å². The monoisotopic (exact) mass is 402 g/mol. The van der Waals surface area contributed by atoms with Crippen LogP contribution in [-0.2, 0) is 9.53 Å². The number of carbonyl (C=O) groups excluding carboxylic acids is 2. The van der Waals surface area contributed by atoms with Crippen LogP contribution in [0.4, 0.5) is 10.5 Å². The average Bonchev–Trinajstić information content (AvgIpc) is 2.71. The van der Waals surface area contributed by atoms with Crippen molar-refractivity contribution in [2.75, 3.05) is 11.6 Å². The number of amides is 2. The highest BCUT2D eigenvalue weighted by atomic mass is 32.2. The first-order valence-electron chi connectivity index (χ1n) is 8.46. The molecule has 4 N–H and O–H groups in total. The van der Waals surface area contributed by atoms with Crippen LogP contribution in [0, 0.1) is 5.92 Å². The molecule has 2 amide bonds. The summed E-state index contributed by atoms with van der Waals surface area (Å²) in [6, 6.07) is 13.6. The maximum atomic E-state index is 12.4. The van der Waals surface area contributed by atoms with E-state index < -0.39 is 18.1 Å². The smallest absolute Gasteiger partial charge is 0.412 e. The Morgan fingerprint density at radius 1 is 1.11 bits per heavy atom. The molecule has 7 nitrogen and oxygen atoms in total. The van der Waals surface area contributed by atoms with Crippen molar-refractivity contribution in [3.05, 3.63) is 66.2 Å². The molecule has 2 aromatic carbocycles. The van der Waals surface area contributed by atoms with Gasteiger partial charge in [0.1, 0.15) is 11.9 Å². The standard InChI is InChI=1S/C20H22N2O5S/c1-13(3-12-18(24)22-26)19(14-4-8-16(23)9-5-14)27-20(25)21-15-6-10-17(28-2)11-7-15/h3-13,19,23,26H,1-2H3,(H,21,25)(H,22,24)/b12-3+/t13-,19+/m0/s1. The van der Waals surface area contributed by atoms with Crippen LogP contribution in [0.5, 0.6) is 5.75 Å². The van der Waals surface area contributed by atoms with Crippen molar-refractivity contribution < 1.29 is 24.6 Å². The van der Waals surface area contributed by atoms with E-state index in [0.717, 1.165) is 11.0 Å². The molecule has 0 aromatic heterocycles. The maximum Gasteiger partial charge on any atom is 0.412 e. The minimum Gasteiger partial charge on any atom is -0.508 e. The predicted molar refractivity (Wildman–Crippen MR) is 107 cm³/mol. The number of thioether (sulfide) groups is 1. The van der Waals surface area contributed by atoms with Crippen LogP contribution < -0.4 is 10.8 Å². The number of aromatic hydroxyl groups is 1. The maximum absolute atomic E-state index is 12.4. The number of hydroxylamine groups is 1. The first-order chi connectivity index (χ1) is 13.4. The van der Waals surface area contributed by atoms with Crippen molar-refractivity contribution in [3.63, 3.8) is 0 Å². The lowest BCUT2D eigenvalue weighted by molar-refractivity contribution is -0.124. The fourth-order valence-corrected chi connectivity index (χ4v) is 2.87. The summed E-state index contributed by atoms with van der Waals surface area (Å²) in [5.74, 6) is -0.982. The van der Waals surface area contributed by atoms with E-state index in [1.54, 1.807) is 43.0 Å². The van der Waals surface area contributed by atoms with Crippen LogP contribution in [-0.4, -0.2) is 28.6 Å². The van der Waals surface area contributed by atoms with Crippen LogP contribution in [0.3, 0.4) is 0 Å². The number of hydrogen-bond donors (Lipinski definition) is 4. The topological polar surface area (TPSA) is 108 Å². The summed E-state index contributed by atoms with van der Waals surface area (Å²) in [5, 5.41) is 20.8. The van der Waals surface area contributed by atoms with E-state index in [-0.39, 0.29) is 11.7 Å². The molecule has 0 heterocycles. The second-order valence-corrected chi connectivity index (χ2v) is 6.84. The second kappa shape index (κ2) is 10.4. The van der Waals surface area contributed by atoms with Gasteiger partial charge in [-0.1, -0.05) is 25.1 Å². The Labute approximate surface area is 167 Å². The van der Waals surface area contributed by atoms with Gasteiger partial charge in [0, 0.05) is 22.6 Å². The van der Waals surface area contributed by atoms with Crippen molar-refractivity contribution in [2.24, 2.45) is 5.92 Å². The van der Waals surface area contributed by atoms with Crippen LogP contribution in [0.1, 0.15) is 18.6 Å². The Hall–Kier alpha value is -2.97. The minimum atomic E-state index is -0.714. The molecule has 0 aliphatic carbocycles. The molecule has 8 heteroatoms. The quantitative estimate of drug-likeness (QED) is 0.240. The van der Waals surface area contributed by atoms with Gasteiger partial charge in [-0.3, -0.25) is 15.3 Å². The minimum absolute atomic E-state index is 0.0867. The molecule has 0 aliphatic heterocycles. The van der Waals surface area contributed by atoms with Gasteiger partial charge >= 0.3 is 6.09 Å². The molecule has 2 atom stereocenters. The number of rotatable bonds is 7. The summed E-state index contributed by atoms with van der Waals surface area (Å²) in [4.78, 5) is 24.7. The average molecular weight is 402 g/mol. The summed E-state index contributed by atoms with van der Waals surface area (Å²) in [6.07, 6.45) is 3.27. The first-order valence-corrected chi connectivity index (χ1v) is 9.68. The molecule has 0 fully saturated rings. The Kier molecular flexibility index (Phi) is 7.91. The summed E-state index contributed by atoms with van der Waals surface area (Å²) in [7, 11) is 0. The Bertz CT molecular complexity index is 821. The molecule has 0 saturated heterocycles. The number of hydrogen-bond acceptors (Lipinski definition) is 6. The van der Waals surface area contributed by atoms with E-state index in [1.807, 2.05) is 18.4 Å². The second-order valence-electron chi connectivity index (χ2n) is 5.97. The molecule has 2 aromatic rings. The Balaban J connectivity index is 2.15. The zero-order valence-corrected chi connectivity index (χ0v) is 16.3. The van der Waals surface area contributed by atoms with Crippen molar-refractivity contribution >= 4 is 29.4 Å². The highest BCUT2D eigenvalue weighted by Crippen LogP contribution is 2.29. The number of phenols is 1. The normalized spacial score (nSPS) is 13.0. The number of ether oxygens (including phenoxy) is 1. The summed E-state index contributed by atoms with van der Waals surface area (Å²) in [6.45, 7) is 1.76. The summed E-state index contributed by atoms with van der Waals surface area (Å²) < 4.78 is 5.58. The van der Waals surface area contributed by atoms with E-state index >= 15 is 0 Å². The van der Waals surface area contributed by atoms with Crippen molar-refractivity contribution in [1.29, 1.82) is 0 Å². The molecule has 148 valence electrons. The summed E-state index contributed by atoms with van der Waals surface area (Å²) in [5.41, 5.74) is 2.75. The van der Waals surface area contributed by atoms with E-state index in [9.17, 15) is 14.7 Å². The van der Waals surface area contributed by atoms with E-state index in [0.29, 0.717) is 11.3 Å². The van der Waals surface area contributed by atoms with Crippen LogP contribution in [0.25, 0.3) is 0 Å². The molecule has 0 spiro atoms. The van der Waals surface area contributed by atoms with Gasteiger partial charge in [0.05, 0.1) is 0 Å². The fraction of sp³-hybridized carbons (Fsp3) is 0.200. The van der Waals surface area contributed by atoms with E-state index in [4.69, 9.17) is 9.94 Å². The lowest BCUT2D eigenvalue weighted by atomic mass is 9.96. The van der Waals surface area contributed by atoms with Crippen LogP contribution in [0.15, 0.2) is 65.6 Å². The zero-order valence-electron chi connectivity index (χ0n) is 15.5. The van der Waals surface area contributed by atoms with Gasteiger partial charge < -0.3 is 9.84 Å². The van der Waals surface area contributed by atoms with Crippen LogP contribution >= 0.6 is 11.8 Å². The van der Waals surface area contributed by atoms with Crippen molar-refractivity contribution in [3.8, 4) is 5.75 Å². The lowest BCUT2D eigenvalue weighted by Crippen LogP contribution is -2.22. The highest BCUT2D eigenvalue weighted by Gasteiger charge is 2.22. The Morgan fingerprint density at radius 2 is 1.75 bits per heavy atom. The van der Waals surface area contributed by atoms with Gasteiger partial charge in [-0.15, -0.1) is 11.8 Å². The molecule has 0 unspecified atom stereocenters. The SMILES string of the molecule is CSc1ccc(NC(=O)O[C@@H](c2ccc(O)cc2)[C@@H](C)/C=C/C(=O)NO)cc1. The highest BCUT2D eigenvalue weighted by molar-refractivity contribution is 7.98. The van der Waals surface area contributed by atoms with Gasteiger partial charge in [0.2, 0.25) is 0 Å². The van der Waals surface area contributed by atoms with E-state index in [1.165, 1.54) is 23.7 Å². The summed E-state index contributed by atoms with van der Waals surface area (Å²) >= 11 is 1.60. The predicted octanol–water partition coefficient (Wildman–Crippen LogP) is 4.10. The Morgan fingerprint density at radius 3 is 2.32 bits per heavy atom. The fourth-order valence-electron chi connectivity index (χ4n) is 2.46. The van der Waals surface area contributed by atoms with Gasteiger partial charge in [0.15, 0.2) is 0 Å². The van der Waals surface area contributed by atoms with Gasteiger partial charge in [0.25, 0.3) is 5.91 Å². The molecule has 2 rings (SSSR count). The third-order valence-electron chi connectivity index (χ3n) is 3.93. The van der Waals surface area contributed by atoms with Crippen molar-refractivity contribution in [1.82, 2.24) is 5.48 Å². The molecule has 0 bridgehead atoms. The van der Waals surface area contributed by atoms with Gasteiger partial charge in [-0.2, -0.15) is 0 Å². The van der Waals surface area contributed by atoms with Gasteiger partial charge in [-0.05, 0) is 48.2 Å².